The topological polar surface area (TPSA) is 99.8 Å². The van der Waals surface area contributed by atoms with Crippen LogP contribution in [0.4, 0.5) is 5.69 Å². The average Bonchev–Trinajstić information content (AvgIpc) is 3.18. The van der Waals surface area contributed by atoms with Crippen molar-refractivity contribution < 1.29 is 9.53 Å². The maximum absolute atomic E-state index is 12.3. The number of tetrazole rings is 1. The van der Waals surface area contributed by atoms with E-state index < -0.39 is 0 Å². The quantitative estimate of drug-likeness (QED) is 0.770. The summed E-state index contributed by atoms with van der Waals surface area (Å²) in [4.78, 5) is 12.3. The van der Waals surface area contributed by atoms with Crippen molar-refractivity contribution >= 4 is 11.6 Å². The summed E-state index contributed by atoms with van der Waals surface area (Å²) in [7, 11) is 3.33. The molecule has 1 aromatic carbocycles. The van der Waals surface area contributed by atoms with Gasteiger partial charge in [-0.05, 0) is 29.5 Å². The Kier molecular flexibility index (Phi) is 3.75. The zero-order valence-corrected chi connectivity index (χ0v) is 12.9. The first kappa shape index (κ1) is 14.7. The van der Waals surface area contributed by atoms with E-state index in [1.807, 2.05) is 6.92 Å². The van der Waals surface area contributed by atoms with Crippen LogP contribution in [0.25, 0.3) is 5.69 Å². The Morgan fingerprint density at radius 3 is 2.70 bits per heavy atom. The van der Waals surface area contributed by atoms with Crippen LogP contribution >= 0.6 is 0 Å². The summed E-state index contributed by atoms with van der Waals surface area (Å²) >= 11 is 0. The van der Waals surface area contributed by atoms with E-state index >= 15 is 0 Å². The van der Waals surface area contributed by atoms with E-state index in [1.165, 1.54) is 11.0 Å². The molecule has 0 radical (unpaired) electrons. The zero-order valence-electron chi connectivity index (χ0n) is 12.9. The number of amides is 1. The molecule has 0 fully saturated rings. The lowest BCUT2D eigenvalue weighted by atomic mass is 10.2. The van der Waals surface area contributed by atoms with Gasteiger partial charge in [0.2, 0.25) is 0 Å². The molecule has 1 amide bonds. The molecule has 2 heterocycles. The van der Waals surface area contributed by atoms with Gasteiger partial charge in [-0.3, -0.25) is 9.48 Å². The second-order valence-electron chi connectivity index (χ2n) is 4.92. The molecular weight excluding hydrogens is 298 g/mol. The normalized spacial score (nSPS) is 10.6. The number of carbonyl (C=O) groups excluding carboxylic acids is 1. The molecular formula is C14H15N7O2. The first-order valence-corrected chi connectivity index (χ1v) is 6.81. The molecule has 2 aromatic heterocycles. The van der Waals surface area contributed by atoms with Gasteiger partial charge < -0.3 is 10.1 Å². The Labute approximate surface area is 131 Å². The third kappa shape index (κ3) is 3.03. The van der Waals surface area contributed by atoms with Crippen molar-refractivity contribution in [2.24, 2.45) is 7.05 Å². The van der Waals surface area contributed by atoms with Crippen LogP contribution in [0, 0.1) is 6.92 Å². The van der Waals surface area contributed by atoms with Crippen LogP contribution in [-0.4, -0.2) is 43.0 Å². The van der Waals surface area contributed by atoms with Crippen LogP contribution in [0.15, 0.2) is 30.6 Å². The first-order chi connectivity index (χ1) is 11.1. The molecule has 0 saturated heterocycles. The second kappa shape index (κ2) is 5.87. The zero-order chi connectivity index (χ0) is 16.4. The predicted molar refractivity (Wildman–Crippen MR) is 81.6 cm³/mol. The molecule has 0 spiro atoms. The number of aromatic nitrogens is 6. The van der Waals surface area contributed by atoms with Crippen LogP contribution in [0.2, 0.25) is 0 Å². The van der Waals surface area contributed by atoms with Gasteiger partial charge in [0.25, 0.3) is 5.91 Å². The summed E-state index contributed by atoms with van der Waals surface area (Å²) in [5.74, 6) is 0.273. The molecule has 3 rings (SSSR count). The number of hydrogen-bond donors (Lipinski definition) is 1. The molecule has 9 heteroatoms. The highest BCUT2D eigenvalue weighted by Crippen LogP contribution is 2.23. The Bertz CT molecular complexity index is 819. The van der Waals surface area contributed by atoms with E-state index in [0.717, 1.165) is 5.69 Å². The summed E-state index contributed by atoms with van der Waals surface area (Å²) in [5.41, 5.74) is 2.47. The number of methoxy groups -OCH3 is 1. The highest BCUT2D eigenvalue weighted by Gasteiger charge is 2.13. The van der Waals surface area contributed by atoms with E-state index in [1.54, 1.807) is 43.1 Å². The standard InChI is InChI=1S/C14H15N7O2/c1-9-4-13(17-20(9)2)14(22)16-10-5-11(7-12(6-10)23-3)21-8-15-18-19-21/h4-8H,1-3H3,(H,16,22). The summed E-state index contributed by atoms with van der Waals surface area (Å²) < 4.78 is 8.37. The molecule has 0 saturated carbocycles. The van der Waals surface area contributed by atoms with Crippen LogP contribution in [0.5, 0.6) is 5.75 Å². The fourth-order valence-electron chi connectivity index (χ4n) is 2.05. The van der Waals surface area contributed by atoms with Gasteiger partial charge in [0, 0.05) is 30.6 Å². The molecule has 9 nitrogen and oxygen atoms in total. The number of benzene rings is 1. The van der Waals surface area contributed by atoms with Gasteiger partial charge in [0.15, 0.2) is 5.69 Å². The second-order valence-corrected chi connectivity index (χ2v) is 4.92. The minimum absolute atomic E-state index is 0.301. The molecule has 23 heavy (non-hydrogen) atoms. The molecule has 0 atom stereocenters. The molecule has 1 N–H and O–H groups in total. The number of rotatable bonds is 4. The van der Waals surface area contributed by atoms with E-state index in [4.69, 9.17) is 4.74 Å². The van der Waals surface area contributed by atoms with E-state index in [9.17, 15) is 4.79 Å². The van der Waals surface area contributed by atoms with Crippen molar-refractivity contribution in [2.45, 2.75) is 6.92 Å². The van der Waals surface area contributed by atoms with Gasteiger partial charge in [-0.25, -0.2) is 4.68 Å². The Morgan fingerprint density at radius 2 is 2.09 bits per heavy atom. The fraction of sp³-hybridized carbons (Fsp3) is 0.214. The third-order valence-corrected chi connectivity index (χ3v) is 3.34. The van der Waals surface area contributed by atoms with Gasteiger partial charge in [0.05, 0.1) is 12.8 Å². The average molecular weight is 313 g/mol. The van der Waals surface area contributed by atoms with Crippen LogP contribution in [0.1, 0.15) is 16.2 Å². The van der Waals surface area contributed by atoms with Gasteiger partial charge in [-0.15, -0.1) is 5.10 Å². The van der Waals surface area contributed by atoms with Crippen LogP contribution < -0.4 is 10.1 Å². The van der Waals surface area contributed by atoms with Crippen molar-refractivity contribution in [3.8, 4) is 11.4 Å². The van der Waals surface area contributed by atoms with E-state index in [0.29, 0.717) is 22.8 Å². The lowest BCUT2D eigenvalue weighted by Gasteiger charge is -2.09. The SMILES string of the molecule is COc1cc(NC(=O)c2cc(C)n(C)n2)cc(-n2cnnn2)c1. The van der Waals surface area contributed by atoms with Gasteiger partial charge in [-0.2, -0.15) is 5.10 Å². The number of anilines is 1. The number of nitrogens with one attached hydrogen (secondary N) is 1. The first-order valence-electron chi connectivity index (χ1n) is 6.81. The highest BCUT2D eigenvalue weighted by molar-refractivity contribution is 6.03. The van der Waals surface area contributed by atoms with Gasteiger partial charge >= 0.3 is 0 Å². The monoisotopic (exact) mass is 313 g/mol. The largest absolute Gasteiger partial charge is 0.497 e. The van der Waals surface area contributed by atoms with Crippen molar-refractivity contribution in [3.63, 3.8) is 0 Å². The fourth-order valence-corrected chi connectivity index (χ4v) is 2.05. The van der Waals surface area contributed by atoms with Crippen molar-refractivity contribution in [2.75, 3.05) is 12.4 Å². The molecule has 3 aromatic rings. The summed E-state index contributed by atoms with van der Waals surface area (Å²) in [6.45, 7) is 1.88. The maximum atomic E-state index is 12.3. The number of ether oxygens (including phenoxy) is 1. The minimum atomic E-state index is -0.301. The summed E-state index contributed by atoms with van der Waals surface area (Å²) in [6, 6.07) is 6.93. The Balaban J connectivity index is 1.90. The molecule has 118 valence electrons. The van der Waals surface area contributed by atoms with Gasteiger partial charge in [-0.1, -0.05) is 0 Å². The molecule has 0 aliphatic carbocycles. The summed E-state index contributed by atoms with van der Waals surface area (Å²) in [5, 5.41) is 18.0. The lowest BCUT2D eigenvalue weighted by molar-refractivity contribution is 0.102. The lowest BCUT2D eigenvalue weighted by Crippen LogP contribution is -2.13. The summed E-state index contributed by atoms with van der Waals surface area (Å²) in [6.07, 6.45) is 1.46. The van der Waals surface area contributed by atoms with E-state index in [2.05, 4.69) is 25.9 Å². The highest BCUT2D eigenvalue weighted by atomic mass is 16.5. The van der Waals surface area contributed by atoms with Crippen LogP contribution in [0.3, 0.4) is 0 Å². The molecule has 0 aliphatic heterocycles. The third-order valence-electron chi connectivity index (χ3n) is 3.34. The number of aryl methyl sites for hydroxylation is 2. The van der Waals surface area contributed by atoms with Gasteiger partial charge in [0.1, 0.15) is 12.1 Å². The Hall–Kier alpha value is -3.23. The molecule has 0 bridgehead atoms. The van der Waals surface area contributed by atoms with Crippen molar-refractivity contribution in [1.82, 2.24) is 30.0 Å². The minimum Gasteiger partial charge on any atom is -0.497 e. The predicted octanol–water partition coefficient (Wildman–Crippen LogP) is 0.965. The Morgan fingerprint density at radius 1 is 1.26 bits per heavy atom. The van der Waals surface area contributed by atoms with Crippen molar-refractivity contribution in [3.05, 3.63) is 42.0 Å². The van der Waals surface area contributed by atoms with Crippen LogP contribution in [-0.2, 0) is 7.05 Å². The number of nitrogens with zero attached hydrogens (tertiary/aromatic N) is 6. The molecule has 0 unspecified atom stereocenters. The number of hydrogen-bond acceptors (Lipinski definition) is 6. The smallest absolute Gasteiger partial charge is 0.276 e. The maximum Gasteiger partial charge on any atom is 0.276 e. The number of carbonyl (C=O) groups is 1. The van der Waals surface area contributed by atoms with E-state index in [-0.39, 0.29) is 5.91 Å². The van der Waals surface area contributed by atoms with Crippen molar-refractivity contribution in [1.29, 1.82) is 0 Å². The molecule has 0 aliphatic rings.